The molecule has 2 fully saturated rings. The first-order valence-corrected chi connectivity index (χ1v) is 10.0. The Morgan fingerprint density at radius 3 is 2.41 bits per heavy atom. The molecule has 1 aromatic rings. The smallest absolute Gasteiger partial charge is 0.410 e. The molecule has 0 aromatic heterocycles. The highest BCUT2D eigenvalue weighted by atomic mass is 16.6. The molecule has 2 heterocycles. The minimum absolute atomic E-state index is 0.0257. The lowest BCUT2D eigenvalue weighted by molar-refractivity contribution is -0.141. The van der Waals surface area contributed by atoms with Crippen LogP contribution in [-0.2, 0) is 14.3 Å². The van der Waals surface area contributed by atoms with Gasteiger partial charge in [0, 0.05) is 32.1 Å². The number of carboxylic acids is 1. The van der Waals surface area contributed by atoms with Gasteiger partial charge in [0.2, 0.25) is 5.91 Å². The number of benzene rings is 1. The number of anilines is 2. The highest BCUT2D eigenvalue weighted by Gasteiger charge is 2.36. The highest BCUT2D eigenvalue weighted by Crippen LogP contribution is 2.32. The number of piperidine rings is 1. The minimum atomic E-state index is -0.944. The molecule has 2 amide bonds. The van der Waals surface area contributed by atoms with Gasteiger partial charge in [-0.15, -0.1) is 0 Å². The van der Waals surface area contributed by atoms with Crippen LogP contribution in [0.15, 0.2) is 24.3 Å². The summed E-state index contributed by atoms with van der Waals surface area (Å²) < 4.78 is 5.43. The Labute approximate surface area is 170 Å². The Morgan fingerprint density at radius 2 is 1.83 bits per heavy atom. The number of para-hydroxylation sites is 2. The largest absolute Gasteiger partial charge is 0.481 e. The predicted molar refractivity (Wildman–Crippen MR) is 109 cm³/mol. The monoisotopic (exact) mass is 403 g/mol. The number of carboxylic acid groups (broad SMARTS) is 1. The van der Waals surface area contributed by atoms with Crippen LogP contribution in [0.5, 0.6) is 0 Å². The third-order valence-corrected chi connectivity index (χ3v) is 5.18. The fourth-order valence-corrected chi connectivity index (χ4v) is 3.69. The number of rotatable bonds is 4. The van der Waals surface area contributed by atoms with Gasteiger partial charge in [0.15, 0.2) is 0 Å². The zero-order valence-electron chi connectivity index (χ0n) is 17.2. The van der Waals surface area contributed by atoms with Crippen LogP contribution in [0.1, 0.15) is 40.0 Å². The van der Waals surface area contributed by atoms with Crippen LogP contribution in [0.3, 0.4) is 0 Å². The number of aliphatic carboxylic acids is 1. The van der Waals surface area contributed by atoms with Crippen LogP contribution >= 0.6 is 0 Å². The molecule has 29 heavy (non-hydrogen) atoms. The first-order chi connectivity index (χ1) is 13.6. The van der Waals surface area contributed by atoms with Crippen LogP contribution in [0.2, 0.25) is 0 Å². The zero-order valence-corrected chi connectivity index (χ0v) is 17.2. The van der Waals surface area contributed by atoms with Crippen LogP contribution < -0.4 is 10.2 Å². The van der Waals surface area contributed by atoms with Gasteiger partial charge in [0.25, 0.3) is 0 Å². The molecule has 0 bridgehead atoms. The quantitative estimate of drug-likeness (QED) is 0.802. The number of nitrogens with zero attached hydrogens (tertiary/aromatic N) is 2. The standard InChI is InChI=1S/C21H29N3O5/c1-21(2,3)29-20(28)23-10-8-15(9-11-23)22-16-6-4-5-7-17(16)24-13-14(19(26)27)12-18(24)25/h4-7,14-15,22H,8-13H2,1-3H3,(H,26,27). The summed E-state index contributed by atoms with van der Waals surface area (Å²) >= 11 is 0. The molecule has 1 unspecified atom stereocenters. The van der Waals surface area contributed by atoms with E-state index in [2.05, 4.69) is 5.32 Å². The summed E-state index contributed by atoms with van der Waals surface area (Å²) in [5.41, 5.74) is 1.000. The number of nitrogens with one attached hydrogen (secondary N) is 1. The van der Waals surface area contributed by atoms with Gasteiger partial charge in [-0.3, -0.25) is 9.59 Å². The number of likely N-dealkylation sites (tertiary alicyclic amines) is 1. The number of carbonyl (C=O) groups is 3. The van der Waals surface area contributed by atoms with Crippen molar-refractivity contribution in [3.05, 3.63) is 24.3 Å². The first-order valence-electron chi connectivity index (χ1n) is 10.0. The van der Waals surface area contributed by atoms with E-state index in [1.54, 1.807) is 9.80 Å². The van der Waals surface area contributed by atoms with Crippen LogP contribution in [0.4, 0.5) is 16.2 Å². The van der Waals surface area contributed by atoms with E-state index in [0.717, 1.165) is 18.5 Å². The Hall–Kier alpha value is -2.77. The topological polar surface area (TPSA) is 99.2 Å². The van der Waals surface area contributed by atoms with E-state index in [1.165, 1.54) is 0 Å². The van der Waals surface area contributed by atoms with Gasteiger partial charge in [-0.25, -0.2) is 4.79 Å². The van der Waals surface area contributed by atoms with Crippen LogP contribution in [-0.4, -0.2) is 59.3 Å². The lowest BCUT2D eigenvalue weighted by atomic mass is 10.0. The molecule has 158 valence electrons. The normalized spacial score (nSPS) is 20.7. The third kappa shape index (κ3) is 5.19. The number of carbonyl (C=O) groups excluding carboxylic acids is 2. The number of amides is 2. The van der Waals surface area contributed by atoms with Crippen molar-refractivity contribution in [3.63, 3.8) is 0 Å². The maximum Gasteiger partial charge on any atom is 0.410 e. The maximum atomic E-state index is 12.3. The van der Waals surface area contributed by atoms with Crippen molar-refractivity contribution in [2.24, 2.45) is 5.92 Å². The predicted octanol–water partition coefficient (Wildman–Crippen LogP) is 2.94. The van der Waals surface area contributed by atoms with Gasteiger partial charge in [0.05, 0.1) is 17.3 Å². The summed E-state index contributed by atoms with van der Waals surface area (Å²) in [6.07, 6.45) is 1.26. The van der Waals surface area contributed by atoms with Crippen molar-refractivity contribution >= 4 is 29.3 Å². The van der Waals surface area contributed by atoms with Crippen molar-refractivity contribution in [2.75, 3.05) is 29.9 Å². The Bertz CT molecular complexity index is 781. The lowest BCUT2D eigenvalue weighted by Gasteiger charge is -2.34. The summed E-state index contributed by atoms with van der Waals surface area (Å²) in [5, 5.41) is 12.7. The summed E-state index contributed by atoms with van der Waals surface area (Å²) in [4.78, 5) is 39.1. The third-order valence-electron chi connectivity index (χ3n) is 5.18. The number of hydrogen-bond acceptors (Lipinski definition) is 5. The molecule has 0 radical (unpaired) electrons. The molecule has 2 N–H and O–H groups in total. The molecule has 3 rings (SSSR count). The average Bonchev–Trinajstić information content (AvgIpc) is 3.03. The summed E-state index contributed by atoms with van der Waals surface area (Å²) in [5.74, 6) is -1.79. The van der Waals surface area contributed by atoms with E-state index >= 15 is 0 Å². The first kappa shape index (κ1) is 21.0. The van der Waals surface area contributed by atoms with E-state index in [-0.39, 0.29) is 31.0 Å². The average molecular weight is 403 g/mol. The molecule has 0 spiro atoms. The van der Waals surface area contributed by atoms with Crippen molar-refractivity contribution in [3.8, 4) is 0 Å². The van der Waals surface area contributed by atoms with E-state index in [4.69, 9.17) is 4.74 Å². The van der Waals surface area contributed by atoms with Crippen LogP contribution in [0, 0.1) is 5.92 Å². The van der Waals surface area contributed by atoms with Crippen molar-refractivity contribution in [1.29, 1.82) is 0 Å². The fraction of sp³-hybridized carbons (Fsp3) is 0.571. The van der Waals surface area contributed by atoms with Gasteiger partial charge >= 0.3 is 12.1 Å². The van der Waals surface area contributed by atoms with E-state index in [9.17, 15) is 19.5 Å². The zero-order chi connectivity index (χ0) is 21.2. The lowest BCUT2D eigenvalue weighted by Crippen LogP contribution is -2.44. The van der Waals surface area contributed by atoms with Crippen molar-refractivity contribution < 1.29 is 24.2 Å². The molecule has 2 aliphatic rings. The molecular formula is C21H29N3O5. The second-order valence-electron chi connectivity index (χ2n) is 8.65. The molecule has 0 saturated carbocycles. The van der Waals surface area contributed by atoms with E-state index < -0.39 is 17.5 Å². The summed E-state index contributed by atoms with van der Waals surface area (Å²) in [7, 11) is 0. The molecule has 8 heteroatoms. The SMILES string of the molecule is CC(C)(C)OC(=O)N1CCC(Nc2ccccc2N2CC(C(=O)O)CC2=O)CC1. The van der Waals surface area contributed by atoms with Gasteiger partial charge < -0.3 is 25.0 Å². The van der Waals surface area contributed by atoms with E-state index in [0.29, 0.717) is 18.8 Å². The van der Waals surface area contributed by atoms with Gasteiger partial charge in [-0.2, -0.15) is 0 Å². The Balaban J connectivity index is 1.62. The van der Waals surface area contributed by atoms with Crippen LogP contribution in [0.25, 0.3) is 0 Å². The van der Waals surface area contributed by atoms with Gasteiger partial charge in [-0.05, 0) is 45.7 Å². The summed E-state index contributed by atoms with van der Waals surface area (Å²) in [6, 6.07) is 7.61. The Kier molecular flexibility index (Phi) is 6.00. The van der Waals surface area contributed by atoms with Gasteiger partial charge in [0.1, 0.15) is 5.60 Å². The molecule has 8 nitrogen and oxygen atoms in total. The molecule has 0 aliphatic carbocycles. The molecule has 2 aliphatic heterocycles. The van der Waals surface area contributed by atoms with E-state index in [1.807, 2.05) is 45.0 Å². The van der Waals surface area contributed by atoms with Crippen molar-refractivity contribution in [2.45, 2.75) is 51.7 Å². The van der Waals surface area contributed by atoms with Gasteiger partial charge in [-0.1, -0.05) is 12.1 Å². The second kappa shape index (κ2) is 8.31. The minimum Gasteiger partial charge on any atom is -0.481 e. The fourth-order valence-electron chi connectivity index (χ4n) is 3.69. The molecular weight excluding hydrogens is 374 g/mol. The Morgan fingerprint density at radius 1 is 1.17 bits per heavy atom. The molecule has 2 saturated heterocycles. The maximum absolute atomic E-state index is 12.3. The second-order valence-corrected chi connectivity index (χ2v) is 8.65. The number of ether oxygens (including phenoxy) is 1. The molecule has 1 aromatic carbocycles. The summed E-state index contributed by atoms with van der Waals surface area (Å²) in [6.45, 7) is 6.93. The number of hydrogen-bond donors (Lipinski definition) is 2. The molecule has 1 atom stereocenters. The van der Waals surface area contributed by atoms with Crippen molar-refractivity contribution in [1.82, 2.24) is 4.90 Å². The highest BCUT2D eigenvalue weighted by molar-refractivity contribution is 6.01.